The molecule has 7 nitrogen and oxygen atoms in total. The van der Waals surface area contributed by atoms with Crippen molar-refractivity contribution in [1.82, 2.24) is 15.5 Å². The van der Waals surface area contributed by atoms with Crippen LogP contribution in [-0.4, -0.2) is 58.5 Å². The summed E-state index contributed by atoms with van der Waals surface area (Å²) in [5, 5.41) is 5.66. The van der Waals surface area contributed by atoms with Gasteiger partial charge in [0.25, 0.3) is 0 Å². The number of carbonyl (C=O) groups excluding carboxylic acids is 3. The Morgan fingerprint density at radius 3 is 2.34 bits per heavy atom. The fraction of sp³-hybridized carbons (Fsp3) is 0.519. The van der Waals surface area contributed by atoms with Crippen molar-refractivity contribution in [1.29, 1.82) is 0 Å². The molecular weight excluding hydrogens is 462 g/mol. The van der Waals surface area contributed by atoms with E-state index in [2.05, 4.69) is 23.1 Å². The molecule has 2 atom stereocenters. The molecule has 0 saturated carbocycles. The Morgan fingerprint density at radius 1 is 1.20 bits per heavy atom. The number of amides is 3. The lowest BCUT2D eigenvalue weighted by atomic mass is 9.96. The van der Waals surface area contributed by atoms with E-state index < -0.39 is 35.2 Å². The number of terminal acetylenes is 1. The van der Waals surface area contributed by atoms with Crippen LogP contribution in [0.25, 0.3) is 0 Å². The van der Waals surface area contributed by atoms with Crippen LogP contribution in [0.4, 0.5) is 4.79 Å². The molecule has 0 fully saturated rings. The van der Waals surface area contributed by atoms with Gasteiger partial charge in [-0.15, -0.1) is 13.0 Å². The molecule has 35 heavy (non-hydrogen) atoms. The highest BCUT2D eigenvalue weighted by Gasteiger charge is 2.37. The van der Waals surface area contributed by atoms with Gasteiger partial charge in [0.2, 0.25) is 11.8 Å². The molecular formula is C27H39N3O4S. The number of hydrogen-bond donors (Lipinski definition) is 2. The molecule has 0 heterocycles. The van der Waals surface area contributed by atoms with Gasteiger partial charge in [-0.25, -0.2) is 4.79 Å². The van der Waals surface area contributed by atoms with Crippen LogP contribution < -0.4 is 10.6 Å². The second-order valence-electron chi connectivity index (χ2n) is 10.1. The number of ether oxygens (including phenoxy) is 1. The molecule has 0 aliphatic heterocycles. The maximum absolute atomic E-state index is 13.9. The van der Waals surface area contributed by atoms with Crippen molar-refractivity contribution in [3.8, 4) is 12.3 Å². The maximum atomic E-state index is 13.9. The summed E-state index contributed by atoms with van der Waals surface area (Å²) in [5.41, 5.74) is -0.244. The number of nitrogens with zero attached hydrogens (tertiary/aromatic N) is 1. The molecule has 0 bridgehead atoms. The third-order valence-corrected chi connectivity index (χ3v) is 5.32. The molecule has 0 aromatic heterocycles. The Bertz CT molecular complexity index is 941. The molecule has 2 N–H and O–H groups in total. The molecule has 0 aliphatic carbocycles. The number of carbonyl (C=O) groups is 3. The van der Waals surface area contributed by atoms with Gasteiger partial charge in [0, 0.05) is 17.6 Å². The summed E-state index contributed by atoms with van der Waals surface area (Å²) in [6, 6.07) is 5.10. The minimum atomic E-state index is -1.02. The van der Waals surface area contributed by atoms with Crippen LogP contribution in [0.3, 0.4) is 0 Å². The first-order valence-corrected chi connectivity index (χ1v) is 12.9. The molecule has 1 aromatic rings. The summed E-state index contributed by atoms with van der Waals surface area (Å²) in [4.78, 5) is 41.4. The standard InChI is InChI=1S/C27H39N3O4S/c1-10-17-30(24(32)21(16-18-35-9)28-25(33)34-27(6,7)8)22(23(31)29-26(3,4)5)20-15-13-12-14-19(20)11-2/h2,10,12-15,21-22H,1,16-18H2,3-9H3,(H,28,33)(H,29,31). The van der Waals surface area contributed by atoms with E-state index in [4.69, 9.17) is 11.2 Å². The van der Waals surface area contributed by atoms with Crippen LogP contribution in [0.1, 0.15) is 65.1 Å². The normalized spacial score (nSPS) is 13.1. The lowest BCUT2D eigenvalue weighted by Gasteiger charge is -2.35. The van der Waals surface area contributed by atoms with E-state index in [1.54, 1.807) is 62.9 Å². The van der Waals surface area contributed by atoms with Gasteiger partial charge in [0.05, 0.1) is 0 Å². The SMILES string of the molecule is C#Cc1ccccc1C(C(=O)NC(C)(C)C)N(CC=C)C(=O)C(CCSC)NC(=O)OC(C)(C)C. The fourth-order valence-electron chi connectivity index (χ4n) is 3.36. The van der Waals surface area contributed by atoms with E-state index in [9.17, 15) is 14.4 Å². The summed E-state index contributed by atoms with van der Waals surface area (Å²) in [7, 11) is 0. The highest BCUT2D eigenvalue weighted by Crippen LogP contribution is 2.27. The van der Waals surface area contributed by atoms with Crippen molar-refractivity contribution in [3.05, 3.63) is 48.0 Å². The predicted molar refractivity (Wildman–Crippen MR) is 143 cm³/mol. The third-order valence-electron chi connectivity index (χ3n) is 4.68. The second kappa shape index (κ2) is 13.2. The first kappa shape index (κ1) is 30.1. The van der Waals surface area contributed by atoms with Crippen molar-refractivity contribution in [2.75, 3.05) is 18.6 Å². The fourth-order valence-corrected chi connectivity index (χ4v) is 3.83. The van der Waals surface area contributed by atoms with Crippen molar-refractivity contribution >= 4 is 29.7 Å². The summed E-state index contributed by atoms with van der Waals surface area (Å²) >= 11 is 1.55. The minimum Gasteiger partial charge on any atom is -0.444 e. The Labute approximate surface area is 214 Å². The zero-order valence-electron chi connectivity index (χ0n) is 21.9. The van der Waals surface area contributed by atoms with E-state index in [1.165, 1.54) is 4.90 Å². The summed E-state index contributed by atoms with van der Waals surface area (Å²) < 4.78 is 5.38. The van der Waals surface area contributed by atoms with E-state index in [0.29, 0.717) is 23.3 Å². The van der Waals surface area contributed by atoms with E-state index in [-0.39, 0.29) is 12.5 Å². The van der Waals surface area contributed by atoms with Gasteiger partial charge in [-0.3, -0.25) is 9.59 Å². The van der Waals surface area contributed by atoms with Gasteiger partial charge in [-0.2, -0.15) is 11.8 Å². The molecule has 192 valence electrons. The van der Waals surface area contributed by atoms with Crippen LogP contribution in [0.15, 0.2) is 36.9 Å². The molecule has 0 radical (unpaired) electrons. The molecule has 0 saturated heterocycles. The number of thioether (sulfide) groups is 1. The minimum absolute atomic E-state index is 0.0751. The van der Waals surface area contributed by atoms with Crippen LogP contribution in [0.2, 0.25) is 0 Å². The van der Waals surface area contributed by atoms with Gasteiger partial charge < -0.3 is 20.3 Å². The number of rotatable bonds is 10. The molecule has 1 aromatic carbocycles. The van der Waals surface area contributed by atoms with E-state index >= 15 is 0 Å². The molecule has 0 spiro atoms. The number of alkyl carbamates (subject to hydrolysis) is 1. The van der Waals surface area contributed by atoms with Crippen LogP contribution in [0, 0.1) is 12.3 Å². The quantitative estimate of drug-likeness (QED) is 0.369. The predicted octanol–water partition coefficient (Wildman–Crippen LogP) is 4.28. The number of hydrogen-bond acceptors (Lipinski definition) is 5. The maximum Gasteiger partial charge on any atom is 0.408 e. The Hall–Kier alpha value is -2.92. The first-order chi connectivity index (χ1) is 16.2. The highest BCUT2D eigenvalue weighted by molar-refractivity contribution is 7.98. The topological polar surface area (TPSA) is 87.7 Å². The van der Waals surface area contributed by atoms with Crippen molar-refractivity contribution in [2.24, 2.45) is 0 Å². The molecule has 8 heteroatoms. The van der Waals surface area contributed by atoms with E-state index in [1.807, 2.05) is 27.0 Å². The summed E-state index contributed by atoms with van der Waals surface area (Å²) in [5.74, 6) is 2.43. The van der Waals surface area contributed by atoms with Crippen LogP contribution in [0.5, 0.6) is 0 Å². The second-order valence-corrected chi connectivity index (χ2v) is 11.1. The Balaban J connectivity index is 3.53. The van der Waals surface area contributed by atoms with Gasteiger partial charge in [0.1, 0.15) is 17.7 Å². The summed E-state index contributed by atoms with van der Waals surface area (Å²) in [6.07, 6.45) is 8.86. The average Bonchev–Trinajstić information content (AvgIpc) is 2.73. The van der Waals surface area contributed by atoms with Crippen LogP contribution in [-0.2, 0) is 14.3 Å². The highest BCUT2D eigenvalue weighted by atomic mass is 32.2. The van der Waals surface area contributed by atoms with Gasteiger partial charge in [-0.1, -0.05) is 30.2 Å². The lowest BCUT2D eigenvalue weighted by Crippen LogP contribution is -2.55. The van der Waals surface area contributed by atoms with Crippen molar-refractivity contribution in [3.63, 3.8) is 0 Å². The van der Waals surface area contributed by atoms with Crippen LogP contribution >= 0.6 is 11.8 Å². The molecule has 2 unspecified atom stereocenters. The van der Waals surface area contributed by atoms with Gasteiger partial charge in [0.15, 0.2) is 0 Å². The third kappa shape index (κ3) is 10.1. The zero-order valence-corrected chi connectivity index (χ0v) is 22.8. The van der Waals surface area contributed by atoms with E-state index in [0.717, 1.165) is 0 Å². The van der Waals surface area contributed by atoms with Gasteiger partial charge in [-0.05, 0) is 71.6 Å². The van der Waals surface area contributed by atoms with Crippen molar-refractivity contribution < 1.29 is 19.1 Å². The van der Waals surface area contributed by atoms with Gasteiger partial charge >= 0.3 is 6.09 Å². The summed E-state index contributed by atoms with van der Waals surface area (Å²) in [6.45, 7) is 14.7. The smallest absolute Gasteiger partial charge is 0.408 e. The lowest BCUT2D eigenvalue weighted by molar-refractivity contribution is -0.142. The monoisotopic (exact) mass is 501 g/mol. The Kier molecular flexibility index (Phi) is 11.4. The first-order valence-electron chi connectivity index (χ1n) is 11.5. The molecule has 3 amide bonds. The number of benzene rings is 1. The molecule has 0 aliphatic rings. The molecule has 1 rings (SSSR count). The largest absolute Gasteiger partial charge is 0.444 e. The average molecular weight is 502 g/mol. The zero-order chi connectivity index (χ0) is 26.8. The van der Waals surface area contributed by atoms with Crippen molar-refractivity contribution in [2.45, 2.75) is 71.2 Å². The Morgan fingerprint density at radius 2 is 1.83 bits per heavy atom. The number of nitrogens with one attached hydrogen (secondary N) is 2.